The lowest BCUT2D eigenvalue weighted by Crippen LogP contribution is -2.41. The van der Waals surface area contributed by atoms with E-state index in [9.17, 15) is 0 Å². The van der Waals surface area contributed by atoms with Crippen molar-refractivity contribution in [3.63, 3.8) is 0 Å². The molecule has 1 heterocycles. The minimum Gasteiger partial charge on any atom is -0.312 e. The molecule has 0 saturated heterocycles. The van der Waals surface area contributed by atoms with Gasteiger partial charge in [0.1, 0.15) is 0 Å². The molecule has 0 spiro atoms. The first-order valence-electron chi connectivity index (χ1n) is 7.67. The second-order valence-corrected chi connectivity index (χ2v) is 7.12. The minimum atomic E-state index is 0.229. The summed E-state index contributed by atoms with van der Waals surface area (Å²) in [4.78, 5) is 0. The van der Waals surface area contributed by atoms with Crippen LogP contribution in [0, 0.1) is 11.8 Å². The molecule has 0 aromatic carbocycles. The molecule has 1 saturated carbocycles. The van der Waals surface area contributed by atoms with Gasteiger partial charge in [-0.2, -0.15) is 5.10 Å². The van der Waals surface area contributed by atoms with Crippen molar-refractivity contribution < 1.29 is 0 Å². The Kier molecular flexibility index (Phi) is 4.67. The second kappa shape index (κ2) is 6.08. The molecule has 1 aliphatic rings. The van der Waals surface area contributed by atoms with Crippen LogP contribution >= 0.6 is 0 Å². The Morgan fingerprint density at radius 3 is 2.53 bits per heavy atom. The van der Waals surface area contributed by atoms with Crippen LogP contribution in [-0.4, -0.2) is 21.9 Å². The van der Waals surface area contributed by atoms with Crippen molar-refractivity contribution >= 4 is 0 Å². The first-order valence-corrected chi connectivity index (χ1v) is 7.67. The summed E-state index contributed by atoms with van der Waals surface area (Å²) in [5, 5.41) is 8.23. The molecular weight excluding hydrogens is 234 g/mol. The van der Waals surface area contributed by atoms with E-state index >= 15 is 0 Å². The fourth-order valence-electron chi connectivity index (χ4n) is 3.10. The van der Waals surface area contributed by atoms with E-state index in [1.54, 1.807) is 0 Å². The van der Waals surface area contributed by atoms with E-state index in [0.717, 1.165) is 24.8 Å². The third kappa shape index (κ3) is 4.64. The molecule has 2 unspecified atom stereocenters. The Balaban J connectivity index is 1.92. The van der Waals surface area contributed by atoms with Crippen molar-refractivity contribution in [1.82, 2.24) is 15.1 Å². The maximum absolute atomic E-state index is 4.54. The molecule has 1 fully saturated rings. The van der Waals surface area contributed by atoms with Crippen molar-refractivity contribution in [3.05, 3.63) is 18.0 Å². The van der Waals surface area contributed by atoms with E-state index in [1.807, 2.05) is 11.7 Å². The van der Waals surface area contributed by atoms with E-state index in [4.69, 9.17) is 0 Å². The monoisotopic (exact) mass is 263 g/mol. The number of aromatic nitrogens is 2. The SMILES string of the molecule is Cn1ccc(CC2CCCCC2CNC(C)(C)C)n1. The molecule has 1 aliphatic carbocycles. The standard InChI is InChI=1S/C16H29N3/c1-16(2,3)17-12-14-8-6-5-7-13(14)11-15-9-10-19(4)18-15/h9-10,13-14,17H,5-8,11-12H2,1-4H3. The number of rotatable bonds is 4. The zero-order chi connectivity index (χ0) is 13.9. The van der Waals surface area contributed by atoms with Gasteiger partial charge < -0.3 is 5.32 Å². The van der Waals surface area contributed by atoms with Gasteiger partial charge in [-0.1, -0.05) is 12.8 Å². The summed E-state index contributed by atoms with van der Waals surface area (Å²) in [5.41, 5.74) is 1.49. The van der Waals surface area contributed by atoms with Crippen LogP contribution in [0.1, 0.15) is 52.1 Å². The summed E-state index contributed by atoms with van der Waals surface area (Å²) >= 11 is 0. The topological polar surface area (TPSA) is 29.9 Å². The smallest absolute Gasteiger partial charge is 0.0627 e. The van der Waals surface area contributed by atoms with Crippen LogP contribution < -0.4 is 5.32 Å². The number of aryl methyl sites for hydroxylation is 1. The lowest BCUT2D eigenvalue weighted by Gasteiger charge is -2.34. The minimum absolute atomic E-state index is 0.229. The largest absolute Gasteiger partial charge is 0.312 e. The summed E-state index contributed by atoms with van der Waals surface area (Å²) in [6.07, 6.45) is 8.74. The quantitative estimate of drug-likeness (QED) is 0.904. The van der Waals surface area contributed by atoms with Gasteiger partial charge in [-0.25, -0.2) is 0 Å². The molecule has 0 aliphatic heterocycles. The Hall–Kier alpha value is -0.830. The predicted molar refractivity (Wildman–Crippen MR) is 80.1 cm³/mol. The molecule has 1 N–H and O–H groups in total. The molecule has 1 aromatic rings. The average molecular weight is 263 g/mol. The predicted octanol–water partition coefficient (Wildman–Crippen LogP) is 3.16. The normalized spacial score (nSPS) is 24.6. The van der Waals surface area contributed by atoms with Gasteiger partial charge in [0.25, 0.3) is 0 Å². The maximum atomic E-state index is 4.54. The molecule has 108 valence electrons. The van der Waals surface area contributed by atoms with Crippen LogP contribution in [0.25, 0.3) is 0 Å². The summed E-state index contributed by atoms with van der Waals surface area (Å²) < 4.78 is 1.92. The molecule has 0 bridgehead atoms. The zero-order valence-electron chi connectivity index (χ0n) is 12.9. The number of hydrogen-bond acceptors (Lipinski definition) is 2. The van der Waals surface area contributed by atoms with Gasteiger partial charge in [-0.3, -0.25) is 4.68 Å². The summed E-state index contributed by atoms with van der Waals surface area (Å²) in [5.74, 6) is 1.62. The Morgan fingerprint density at radius 2 is 1.95 bits per heavy atom. The number of nitrogens with one attached hydrogen (secondary N) is 1. The maximum Gasteiger partial charge on any atom is 0.0627 e. The van der Waals surface area contributed by atoms with E-state index in [2.05, 4.69) is 43.4 Å². The van der Waals surface area contributed by atoms with Crippen LogP contribution in [0.3, 0.4) is 0 Å². The van der Waals surface area contributed by atoms with Crippen LogP contribution in [-0.2, 0) is 13.5 Å². The van der Waals surface area contributed by atoms with E-state index in [-0.39, 0.29) is 5.54 Å². The van der Waals surface area contributed by atoms with E-state index in [1.165, 1.54) is 31.4 Å². The van der Waals surface area contributed by atoms with Gasteiger partial charge >= 0.3 is 0 Å². The Bertz CT molecular complexity index is 389. The van der Waals surface area contributed by atoms with E-state index < -0.39 is 0 Å². The van der Waals surface area contributed by atoms with Gasteiger partial charge in [-0.15, -0.1) is 0 Å². The van der Waals surface area contributed by atoms with Crippen molar-refractivity contribution in [2.75, 3.05) is 6.54 Å². The van der Waals surface area contributed by atoms with Gasteiger partial charge in [0.2, 0.25) is 0 Å². The molecule has 1 aromatic heterocycles. The molecule has 19 heavy (non-hydrogen) atoms. The number of hydrogen-bond donors (Lipinski definition) is 1. The highest BCUT2D eigenvalue weighted by molar-refractivity contribution is 5.01. The fourth-order valence-corrected chi connectivity index (χ4v) is 3.10. The molecular formula is C16H29N3. The van der Waals surface area contributed by atoms with Crippen molar-refractivity contribution in [2.24, 2.45) is 18.9 Å². The summed E-state index contributed by atoms with van der Waals surface area (Å²) in [7, 11) is 2.00. The van der Waals surface area contributed by atoms with Gasteiger partial charge in [0.15, 0.2) is 0 Å². The summed E-state index contributed by atoms with van der Waals surface area (Å²) in [6.45, 7) is 7.91. The highest BCUT2D eigenvalue weighted by atomic mass is 15.2. The molecule has 3 heteroatoms. The molecule has 0 radical (unpaired) electrons. The van der Waals surface area contributed by atoms with E-state index in [0.29, 0.717) is 0 Å². The molecule has 3 nitrogen and oxygen atoms in total. The van der Waals surface area contributed by atoms with Crippen LogP contribution in [0.2, 0.25) is 0 Å². The molecule has 2 atom stereocenters. The fraction of sp³-hybridized carbons (Fsp3) is 0.812. The first kappa shape index (κ1) is 14.6. The lowest BCUT2D eigenvalue weighted by atomic mass is 9.76. The van der Waals surface area contributed by atoms with Gasteiger partial charge in [0, 0.05) is 18.8 Å². The Morgan fingerprint density at radius 1 is 1.26 bits per heavy atom. The molecule has 2 rings (SSSR count). The van der Waals surface area contributed by atoms with Crippen LogP contribution in [0.5, 0.6) is 0 Å². The number of nitrogens with zero attached hydrogens (tertiary/aromatic N) is 2. The second-order valence-electron chi connectivity index (χ2n) is 7.12. The van der Waals surface area contributed by atoms with Crippen molar-refractivity contribution in [3.8, 4) is 0 Å². The highest BCUT2D eigenvalue weighted by Gasteiger charge is 2.26. The first-order chi connectivity index (χ1) is 8.94. The van der Waals surface area contributed by atoms with Crippen LogP contribution in [0.15, 0.2) is 12.3 Å². The van der Waals surface area contributed by atoms with Gasteiger partial charge in [-0.05, 0) is 64.5 Å². The van der Waals surface area contributed by atoms with Crippen molar-refractivity contribution in [2.45, 2.75) is 58.4 Å². The summed E-state index contributed by atoms with van der Waals surface area (Å²) in [6, 6.07) is 2.17. The Labute approximate surface area is 117 Å². The van der Waals surface area contributed by atoms with Gasteiger partial charge in [0.05, 0.1) is 5.69 Å². The molecule has 0 amide bonds. The van der Waals surface area contributed by atoms with Crippen LogP contribution in [0.4, 0.5) is 0 Å². The third-order valence-electron chi connectivity index (χ3n) is 4.20. The lowest BCUT2D eigenvalue weighted by molar-refractivity contribution is 0.212. The highest BCUT2D eigenvalue weighted by Crippen LogP contribution is 2.32. The average Bonchev–Trinajstić information content (AvgIpc) is 2.73. The third-order valence-corrected chi connectivity index (χ3v) is 4.20. The van der Waals surface area contributed by atoms with Crippen molar-refractivity contribution in [1.29, 1.82) is 0 Å². The zero-order valence-corrected chi connectivity index (χ0v) is 12.9.